The van der Waals surface area contributed by atoms with Crippen LogP contribution in [0.1, 0.15) is 24.8 Å². The number of primary amides is 1. The molecule has 0 aliphatic rings. The Kier molecular flexibility index (Phi) is 13.7. The SMILES string of the molecule is CSCCC(NC(=O)C(N)CS)C(=O)NC(CCC(N)=O)C(=O)NC(Cc1ccc(O)cc1)C(=O)O. The summed E-state index contributed by atoms with van der Waals surface area (Å²) in [6.45, 7) is 0. The average molecular weight is 544 g/mol. The van der Waals surface area contributed by atoms with E-state index in [2.05, 4.69) is 28.6 Å². The lowest BCUT2D eigenvalue weighted by Crippen LogP contribution is -2.57. The van der Waals surface area contributed by atoms with Crippen LogP contribution in [0.25, 0.3) is 0 Å². The number of nitrogens with one attached hydrogen (secondary N) is 3. The molecule has 1 aromatic rings. The molecule has 0 fully saturated rings. The molecule has 1 rings (SSSR count). The second-order valence-electron chi connectivity index (χ2n) is 7.97. The van der Waals surface area contributed by atoms with Gasteiger partial charge in [-0.25, -0.2) is 4.79 Å². The number of carboxylic acids is 1. The molecule has 1 aromatic carbocycles. The van der Waals surface area contributed by atoms with Crippen molar-refractivity contribution >= 4 is 54.0 Å². The number of carboxylic acid groups (broad SMARTS) is 1. The third-order valence-corrected chi connectivity index (χ3v) is 6.12. The fourth-order valence-corrected chi connectivity index (χ4v) is 3.67. The summed E-state index contributed by atoms with van der Waals surface area (Å²) >= 11 is 5.41. The van der Waals surface area contributed by atoms with Crippen molar-refractivity contribution in [2.45, 2.75) is 49.9 Å². The Bertz CT molecular complexity index is 917. The first-order chi connectivity index (χ1) is 17.0. The summed E-state index contributed by atoms with van der Waals surface area (Å²) in [6.07, 6.45) is 1.53. The number of benzene rings is 1. The number of phenolic OH excluding ortho intramolecular Hbond substituents is 1. The summed E-state index contributed by atoms with van der Waals surface area (Å²) in [5.74, 6) is -3.58. The molecule has 0 spiro atoms. The van der Waals surface area contributed by atoms with E-state index in [4.69, 9.17) is 11.5 Å². The summed E-state index contributed by atoms with van der Waals surface area (Å²) < 4.78 is 0. The summed E-state index contributed by atoms with van der Waals surface area (Å²) in [6, 6.07) is 1.18. The minimum Gasteiger partial charge on any atom is -0.508 e. The molecule has 0 heterocycles. The van der Waals surface area contributed by atoms with Crippen molar-refractivity contribution in [1.29, 1.82) is 0 Å². The number of phenols is 1. The highest BCUT2D eigenvalue weighted by atomic mass is 32.2. The first-order valence-corrected chi connectivity index (χ1v) is 13.1. The van der Waals surface area contributed by atoms with E-state index in [9.17, 15) is 34.2 Å². The Morgan fingerprint density at radius 2 is 1.47 bits per heavy atom. The monoisotopic (exact) mass is 543 g/mol. The van der Waals surface area contributed by atoms with E-state index in [0.717, 1.165) is 0 Å². The van der Waals surface area contributed by atoms with Crippen molar-refractivity contribution in [3.05, 3.63) is 29.8 Å². The first-order valence-electron chi connectivity index (χ1n) is 11.0. The van der Waals surface area contributed by atoms with Gasteiger partial charge in [-0.1, -0.05) is 12.1 Å². The molecule has 0 aliphatic heterocycles. The molecule has 4 atom stereocenters. The summed E-state index contributed by atoms with van der Waals surface area (Å²) in [5, 5.41) is 26.4. The van der Waals surface area contributed by atoms with Crippen LogP contribution in [0.4, 0.5) is 0 Å². The predicted molar refractivity (Wildman–Crippen MR) is 138 cm³/mol. The van der Waals surface area contributed by atoms with Gasteiger partial charge in [-0.2, -0.15) is 24.4 Å². The highest BCUT2D eigenvalue weighted by Gasteiger charge is 2.30. The van der Waals surface area contributed by atoms with Crippen molar-refractivity contribution in [2.75, 3.05) is 17.8 Å². The Balaban J connectivity index is 3.02. The van der Waals surface area contributed by atoms with Gasteiger partial charge in [0.15, 0.2) is 0 Å². The van der Waals surface area contributed by atoms with Crippen molar-refractivity contribution in [1.82, 2.24) is 16.0 Å². The first kappa shape index (κ1) is 31.1. The molecule has 4 unspecified atom stereocenters. The molecule has 0 bridgehead atoms. The van der Waals surface area contributed by atoms with Gasteiger partial charge in [0.05, 0.1) is 6.04 Å². The number of hydrogen-bond acceptors (Lipinski definition) is 9. The van der Waals surface area contributed by atoms with Gasteiger partial charge in [-0.15, -0.1) is 0 Å². The van der Waals surface area contributed by atoms with Gasteiger partial charge in [0.25, 0.3) is 0 Å². The number of aromatic hydroxyl groups is 1. The molecule has 4 amide bonds. The van der Waals surface area contributed by atoms with Crippen LogP contribution in [0, 0.1) is 0 Å². The molecule has 9 N–H and O–H groups in total. The van der Waals surface area contributed by atoms with Gasteiger partial charge < -0.3 is 37.6 Å². The Morgan fingerprint density at radius 3 is 1.97 bits per heavy atom. The summed E-state index contributed by atoms with van der Waals surface area (Å²) in [4.78, 5) is 61.2. The number of carbonyl (C=O) groups excluding carboxylic acids is 4. The second kappa shape index (κ2) is 15.9. The maximum Gasteiger partial charge on any atom is 0.326 e. The molecule has 200 valence electrons. The topological polar surface area (TPSA) is 214 Å². The van der Waals surface area contributed by atoms with E-state index in [1.54, 1.807) is 0 Å². The minimum atomic E-state index is -1.35. The van der Waals surface area contributed by atoms with Gasteiger partial charge in [0.1, 0.15) is 23.9 Å². The van der Waals surface area contributed by atoms with Crippen molar-refractivity contribution in [2.24, 2.45) is 11.5 Å². The maximum absolute atomic E-state index is 13.0. The number of hydrogen-bond donors (Lipinski definition) is 8. The molecule has 14 heteroatoms. The number of thioether (sulfide) groups is 1. The van der Waals surface area contributed by atoms with Gasteiger partial charge in [0.2, 0.25) is 23.6 Å². The van der Waals surface area contributed by atoms with Crippen LogP contribution in [-0.4, -0.2) is 81.7 Å². The maximum atomic E-state index is 13.0. The third kappa shape index (κ3) is 11.2. The van der Waals surface area contributed by atoms with Crippen LogP contribution in [0.2, 0.25) is 0 Å². The fraction of sp³-hybridized carbons (Fsp3) is 0.500. The number of amides is 4. The quantitative estimate of drug-likeness (QED) is 0.117. The molecule has 0 radical (unpaired) electrons. The zero-order valence-electron chi connectivity index (χ0n) is 19.8. The highest BCUT2D eigenvalue weighted by molar-refractivity contribution is 7.98. The molecular formula is C22H33N5O7S2. The summed E-state index contributed by atoms with van der Waals surface area (Å²) in [5.41, 5.74) is 11.4. The van der Waals surface area contributed by atoms with Gasteiger partial charge in [-0.3, -0.25) is 19.2 Å². The van der Waals surface area contributed by atoms with Crippen LogP contribution in [0.15, 0.2) is 24.3 Å². The molecule has 12 nitrogen and oxygen atoms in total. The number of aliphatic carboxylic acids is 1. The lowest BCUT2D eigenvalue weighted by atomic mass is 10.0. The van der Waals surface area contributed by atoms with E-state index < -0.39 is 53.8 Å². The van der Waals surface area contributed by atoms with E-state index >= 15 is 0 Å². The number of rotatable bonds is 16. The average Bonchev–Trinajstić information content (AvgIpc) is 2.83. The van der Waals surface area contributed by atoms with Gasteiger partial charge >= 0.3 is 5.97 Å². The third-order valence-electron chi connectivity index (χ3n) is 5.08. The minimum absolute atomic E-state index is 0.00216. The van der Waals surface area contributed by atoms with Gasteiger partial charge in [-0.05, 0) is 42.5 Å². The van der Waals surface area contributed by atoms with E-state index in [1.807, 2.05) is 6.26 Å². The van der Waals surface area contributed by atoms with Crippen molar-refractivity contribution in [3.63, 3.8) is 0 Å². The highest BCUT2D eigenvalue weighted by Crippen LogP contribution is 2.12. The lowest BCUT2D eigenvalue weighted by molar-refractivity contribution is -0.142. The lowest BCUT2D eigenvalue weighted by Gasteiger charge is -2.25. The zero-order valence-corrected chi connectivity index (χ0v) is 21.5. The van der Waals surface area contributed by atoms with Crippen molar-refractivity contribution in [3.8, 4) is 5.75 Å². The van der Waals surface area contributed by atoms with Crippen molar-refractivity contribution < 1.29 is 34.2 Å². The number of nitrogens with two attached hydrogens (primary N) is 2. The molecule has 0 saturated heterocycles. The molecule has 0 aliphatic carbocycles. The van der Waals surface area contributed by atoms with E-state index in [0.29, 0.717) is 11.3 Å². The number of thiol groups is 1. The molecule has 0 saturated carbocycles. The van der Waals surface area contributed by atoms with Gasteiger partial charge in [0, 0.05) is 18.6 Å². The largest absolute Gasteiger partial charge is 0.508 e. The second-order valence-corrected chi connectivity index (χ2v) is 9.32. The van der Waals surface area contributed by atoms with E-state index in [-0.39, 0.29) is 37.2 Å². The van der Waals surface area contributed by atoms with Crippen LogP contribution in [-0.2, 0) is 30.4 Å². The standard InChI is InChI=1S/C22H33N5O7S2/c1-36-9-8-16(25-19(30)14(23)11-35)21(32)26-15(6-7-18(24)29)20(31)27-17(22(33)34)10-12-2-4-13(28)5-3-12/h2-5,14-17,28,35H,6-11,23H2,1H3,(H2,24,29)(H,25,30)(H,26,32)(H,27,31)(H,33,34). The Hall–Kier alpha value is -2.97. The molecule has 36 heavy (non-hydrogen) atoms. The molecule has 0 aromatic heterocycles. The van der Waals surface area contributed by atoms with Crippen LogP contribution < -0.4 is 27.4 Å². The Morgan fingerprint density at radius 1 is 0.944 bits per heavy atom. The smallest absolute Gasteiger partial charge is 0.326 e. The van der Waals surface area contributed by atoms with Crippen LogP contribution >= 0.6 is 24.4 Å². The predicted octanol–water partition coefficient (Wildman–Crippen LogP) is -1.25. The normalized spacial score (nSPS) is 14.1. The zero-order chi connectivity index (χ0) is 27.3. The Labute approximate surface area is 218 Å². The van der Waals surface area contributed by atoms with E-state index in [1.165, 1.54) is 36.0 Å². The fourth-order valence-electron chi connectivity index (χ4n) is 3.03. The van der Waals surface area contributed by atoms with Crippen LogP contribution in [0.3, 0.4) is 0 Å². The van der Waals surface area contributed by atoms with Crippen LogP contribution in [0.5, 0.6) is 5.75 Å². The number of carbonyl (C=O) groups is 5. The summed E-state index contributed by atoms with van der Waals surface area (Å²) in [7, 11) is 0. The molecular weight excluding hydrogens is 510 g/mol.